The van der Waals surface area contributed by atoms with Crippen molar-refractivity contribution < 1.29 is 9.53 Å². The van der Waals surface area contributed by atoms with Crippen LogP contribution in [-0.2, 0) is 0 Å². The van der Waals surface area contributed by atoms with E-state index < -0.39 is 0 Å². The fraction of sp³-hybridized carbons (Fsp3) is 0.391. The van der Waals surface area contributed by atoms with Gasteiger partial charge in [0.15, 0.2) is 5.65 Å². The zero-order valence-electron chi connectivity index (χ0n) is 17.7. The van der Waals surface area contributed by atoms with Crippen LogP contribution >= 0.6 is 11.3 Å². The number of hydrogen-bond acceptors (Lipinski definition) is 6. The molecular formula is C23H25N5O2S. The Kier molecular flexibility index (Phi) is 5.31. The average Bonchev–Trinajstić information content (AvgIpc) is 3.42. The van der Waals surface area contributed by atoms with Crippen LogP contribution in [0.25, 0.3) is 15.9 Å². The fourth-order valence-corrected chi connectivity index (χ4v) is 5.57. The molecule has 3 aromatic heterocycles. The molecule has 4 aromatic rings. The van der Waals surface area contributed by atoms with Gasteiger partial charge in [0, 0.05) is 24.4 Å². The lowest BCUT2D eigenvalue weighted by Gasteiger charge is -2.26. The van der Waals surface area contributed by atoms with Gasteiger partial charge in [-0.15, -0.1) is 11.3 Å². The van der Waals surface area contributed by atoms with Crippen LogP contribution in [-0.4, -0.2) is 32.6 Å². The number of aromatic nitrogens is 4. The van der Waals surface area contributed by atoms with Crippen LogP contribution in [0.3, 0.4) is 0 Å². The van der Waals surface area contributed by atoms with E-state index in [1.807, 2.05) is 12.1 Å². The molecule has 1 saturated carbocycles. The Morgan fingerprint density at radius 2 is 2.13 bits per heavy atom. The predicted molar refractivity (Wildman–Crippen MR) is 122 cm³/mol. The van der Waals surface area contributed by atoms with E-state index in [0.29, 0.717) is 28.6 Å². The molecule has 0 unspecified atom stereocenters. The van der Waals surface area contributed by atoms with E-state index in [2.05, 4.69) is 22.3 Å². The maximum Gasteiger partial charge on any atom is 0.261 e. The SMILES string of the molecule is CCC1CCC(c2nc3cc(OC)c(NC(=O)c4cnn5cccnc45)cc3s2)CC1. The summed E-state index contributed by atoms with van der Waals surface area (Å²) in [5, 5.41) is 8.36. The molecule has 1 amide bonds. The van der Waals surface area contributed by atoms with E-state index in [1.165, 1.54) is 43.3 Å². The molecule has 7 nitrogen and oxygen atoms in total. The number of hydrogen-bond donors (Lipinski definition) is 1. The Hall–Kier alpha value is -3.00. The summed E-state index contributed by atoms with van der Waals surface area (Å²) >= 11 is 1.73. The number of carbonyl (C=O) groups excluding carboxylic acids is 1. The number of carbonyl (C=O) groups is 1. The molecule has 160 valence electrons. The molecule has 0 spiro atoms. The number of methoxy groups -OCH3 is 1. The summed E-state index contributed by atoms with van der Waals surface area (Å²) in [6.07, 6.45) is 11.2. The molecule has 0 aliphatic heterocycles. The van der Waals surface area contributed by atoms with Gasteiger partial charge in [0.05, 0.1) is 34.2 Å². The van der Waals surface area contributed by atoms with Gasteiger partial charge in [-0.1, -0.05) is 13.3 Å². The van der Waals surface area contributed by atoms with Crippen LogP contribution < -0.4 is 10.1 Å². The highest BCUT2D eigenvalue weighted by molar-refractivity contribution is 7.18. The lowest BCUT2D eigenvalue weighted by Crippen LogP contribution is -2.12. The Morgan fingerprint density at radius 1 is 1.29 bits per heavy atom. The van der Waals surface area contributed by atoms with Crippen molar-refractivity contribution >= 4 is 38.8 Å². The number of fused-ring (bicyclic) bond motifs is 2. The normalized spacial score (nSPS) is 19.0. The third kappa shape index (κ3) is 3.76. The number of nitrogens with one attached hydrogen (secondary N) is 1. The van der Waals surface area contributed by atoms with Gasteiger partial charge in [-0.2, -0.15) is 5.10 Å². The first-order chi connectivity index (χ1) is 15.2. The van der Waals surface area contributed by atoms with Crippen molar-refractivity contribution in [2.24, 2.45) is 5.92 Å². The third-order valence-corrected chi connectivity index (χ3v) is 7.45. The van der Waals surface area contributed by atoms with E-state index >= 15 is 0 Å². The summed E-state index contributed by atoms with van der Waals surface area (Å²) < 4.78 is 8.19. The van der Waals surface area contributed by atoms with Crippen LogP contribution in [0.1, 0.15) is 60.3 Å². The predicted octanol–water partition coefficient (Wildman–Crippen LogP) is 5.28. The standard InChI is InChI=1S/C23H25N5O2S/c1-3-14-5-7-15(8-6-14)23-27-18-11-19(30-2)17(12-20(18)31-23)26-22(29)16-13-25-28-10-4-9-24-21(16)28/h4,9-15H,3,5-8H2,1-2H3,(H,26,29). The van der Waals surface area contributed by atoms with Crippen molar-refractivity contribution in [3.8, 4) is 5.75 Å². The van der Waals surface area contributed by atoms with Crippen LogP contribution in [0.15, 0.2) is 36.8 Å². The molecule has 1 fully saturated rings. The number of thiazole rings is 1. The highest BCUT2D eigenvalue weighted by Gasteiger charge is 2.24. The summed E-state index contributed by atoms with van der Waals surface area (Å²) in [4.78, 5) is 22.1. The van der Waals surface area contributed by atoms with E-state index in [0.717, 1.165) is 16.1 Å². The van der Waals surface area contributed by atoms with E-state index in [1.54, 1.807) is 41.4 Å². The van der Waals surface area contributed by atoms with Crippen LogP contribution in [0.4, 0.5) is 5.69 Å². The topological polar surface area (TPSA) is 81.4 Å². The van der Waals surface area contributed by atoms with Gasteiger partial charge in [0.2, 0.25) is 0 Å². The summed E-state index contributed by atoms with van der Waals surface area (Å²) in [7, 11) is 1.60. The van der Waals surface area contributed by atoms with Gasteiger partial charge >= 0.3 is 0 Å². The second-order valence-electron chi connectivity index (χ2n) is 8.10. The highest BCUT2D eigenvalue weighted by Crippen LogP contribution is 2.41. The van der Waals surface area contributed by atoms with Crippen molar-refractivity contribution in [3.05, 3.63) is 47.4 Å². The third-order valence-electron chi connectivity index (χ3n) is 6.27. The molecule has 1 N–H and O–H groups in total. The zero-order chi connectivity index (χ0) is 21.4. The molecule has 0 saturated heterocycles. The second-order valence-corrected chi connectivity index (χ2v) is 9.16. The molecule has 8 heteroatoms. The molecular weight excluding hydrogens is 410 g/mol. The van der Waals surface area contributed by atoms with Crippen LogP contribution in [0.5, 0.6) is 5.75 Å². The van der Waals surface area contributed by atoms with Crippen molar-refractivity contribution in [2.75, 3.05) is 12.4 Å². The number of benzene rings is 1. The van der Waals surface area contributed by atoms with Gasteiger partial charge in [-0.3, -0.25) is 4.79 Å². The zero-order valence-corrected chi connectivity index (χ0v) is 18.5. The minimum Gasteiger partial charge on any atom is -0.494 e. The quantitative estimate of drug-likeness (QED) is 0.461. The summed E-state index contributed by atoms with van der Waals surface area (Å²) in [5.41, 5.74) is 2.48. The first kappa shape index (κ1) is 19.9. The molecule has 3 heterocycles. The smallest absolute Gasteiger partial charge is 0.261 e. The van der Waals surface area contributed by atoms with E-state index in [-0.39, 0.29) is 5.91 Å². The van der Waals surface area contributed by atoms with Crippen molar-refractivity contribution in [1.29, 1.82) is 0 Å². The number of rotatable bonds is 5. The first-order valence-corrected chi connectivity index (χ1v) is 11.6. The fourth-order valence-electron chi connectivity index (χ4n) is 4.41. The van der Waals surface area contributed by atoms with Gasteiger partial charge < -0.3 is 10.1 Å². The molecule has 0 radical (unpaired) electrons. The second kappa shape index (κ2) is 8.26. The van der Waals surface area contributed by atoms with Gasteiger partial charge in [-0.25, -0.2) is 14.5 Å². The first-order valence-electron chi connectivity index (χ1n) is 10.7. The molecule has 1 aliphatic carbocycles. The van der Waals surface area contributed by atoms with Gasteiger partial charge in [0.25, 0.3) is 5.91 Å². The molecule has 1 aliphatic rings. The van der Waals surface area contributed by atoms with Gasteiger partial charge in [-0.05, 0) is 43.7 Å². The Labute approximate surface area is 184 Å². The van der Waals surface area contributed by atoms with Crippen LogP contribution in [0, 0.1) is 5.92 Å². The van der Waals surface area contributed by atoms with Crippen molar-refractivity contribution in [2.45, 2.75) is 44.9 Å². The summed E-state index contributed by atoms with van der Waals surface area (Å²) in [5.74, 6) is 1.72. The molecule has 31 heavy (non-hydrogen) atoms. The molecule has 0 bridgehead atoms. The maximum absolute atomic E-state index is 12.9. The Morgan fingerprint density at radius 3 is 2.90 bits per heavy atom. The number of nitrogens with zero attached hydrogens (tertiary/aromatic N) is 4. The lowest BCUT2D eigenvalue weighted by atomic mass is 9.81. The van der Waals surface area contributed by atoms with E-state index in [4.69, 9.17) is 9.72 Å². The van der Waals surface area contributed by atoms with Crippen LogP contribution in [0.2, 0.25) is 0 Å². The Bertz CT molecular complexity index is 1240. The molecule has 5 rings (SSSR count). The van der Waals surface area contributed by atoms with Crippen molar-refractivity contribution in [1.82, 2.24) is 19.6 Å². The van der Waals surface area contributed by atoms with Gasteiger partial charge in [0.1, 0.15) is 11.3 Å². The highest BCUT2D eigenvalue weighted by atomic mass is 32.1. The number of amides is 1. The summed E-state index contributed by atoms with van der Waals surface area (Å²) in [6, 6.07) is 5.65. The minimum absolute atomic E-state index is 0.269. The average molecular weight is 436 g/mol. The number of anilines is 1. The maximum atomic E-state index is 12.9. The molecule has 1 aromatic carbocycles. The largest absolute Gasteiger partial charge is 0.494 e. The minimum atomic E-state index is -0.269. The van der Waals surface area contributed by atoms with E-state index in [9.17, 15) is 4.79 Å². The summed E-state index contributed by atoms with van der Waals surface area (Å²) in [6.45, 7) is 2.29. The Balaban J connectivity index is 1.42. The number of ether oxygens (including phenoxy) is 1. The van der Waals surface area contributed by atoms with Crippen molar-refractivity contribution in [3.63, 3.8) is 0 Å². The lowest BCUT2D eigenvalue weighted by molar-refractivity contribution is 0.102. The molecule has 0 atom stereocenters. The monoisotopic (exact) mass is 435 g/mol.